The van der Waals surface area contributed by atoms with Crippen LogP contribution >= 0.6 is 12.2 Å². The molecule has 1 aliphatic heterocycles. The highest BCUT2D eigenvalue weighted by Crippen LogP contribution is 2.44. The van der Waals surface area contributed by atoms with Gasteiger partial charge >= 0.3 is 0 Å². The second kappa shape index (κ2) is 9.19. The van der Waals surface area contributed by atoms with E-state index >= 15 is 0 Å². The monoisotopic (exact) mass is 469 g/mol. The second-order valence-electron chi connectivity index (χ2n) is 8.38. The van der Waals surface area contributed by atoms with Crippen LogP contribution in [-0.2, 0) is 0 Å². The first-order chi connectivity index (χ1) is 16.6. The minimum Gasteiger partial charge on any atom is -0.495 e. The number of hydrogen-bond acceptors (Lipinski definition) is 4. The van der Waals surface area contributed by atoms with Gasteiger partial charge in [-0.2, -0.15) is 0 Å². The molecule has 1 fully saturated rings. The molecule has 0 saturated carbocycles. The molecule has 4 aromatic rings. The first-order valence-electron chi connectivity index (χ1n) is 11.2. The molecular formula is C27H27N5OS. The Morgan fingerprint density at radius 2 is 1.71 bits per heavy atom. The van der Waals surface area contributed by atoms with Gasteiger partial charge in [0.05, 0.1) is 24.5 Å². The Kier molecular flexibility index (Phi) is 5.94. The summed E-state index contributed by atoms with van der Waals surface area (Å²) in [6.07, 6.45) is 3.92. The van der Waals surface area contributed by atoms with Gasteiger partial charge in [-0.15, -0.1) is 0 Å². The van der Waals surface area contributed by atoms with E-state index in [1.165, 1.54) is 0 Å². The summed E-state index contributed by atoms with van der Waals surface area (Å²) in [4.78, 5) is 8.91. The van der Waals surface area contributed by atoms with Crippen LogP contribution in [0.4, 0.5) is 11.4 Å². The van der Waals surface area contributed by atoms with Crippen LogP contribution < -0.4 is 19.9 Å². The zero-order valence-electron chi connectivity index (χ0n) is 19.4. The fourth-order valence-corrected chi connectivity index (χ4v) is 4.86. The number of benzene rings is 2. The maximum absolute atomic E-state index is 5.88. The summed E-state index contributed by atoms with van der Waals surface area (Å²) >= 11 is 5.88. The van der Waals surface area contributed by atoms with E-state index in [9.17, 15) is 0 Å². The predicted molar refractivity (Wildman–Crippen MR) is 141 cm³/mol. The van der Waals surface area contributed by atoms with E-state index in [1.54, 1.807) is 7.11 Å². The molecule has 1 aliphatic rings. The van der Waals surface area contributed by atoms with Crippen LogP contribution in [0.2, 0.25) is 0 Å². The number of anilines is 2. The average Bonchev–Trinajstić information content (AvgIpc) is 3.48. The van der Waals surface area contributed by atoms with Crippen LogP contribution in [0.1, 0.15) is 23.5 Å². The second-order valence-corrected chi connectivity index (χ2v) is 8.77. The van der Waals surface area contributed by atoms with Crippen molar-refractivity contribution in [2.24, 2.45) is 0 Å². The maximum atomic E-state index is 5.88. The fraction of sp³-hybridized carbons (Fsp3) is 0.185. The van der Waals surface area contributed by atoms with Gasteiger partial charge in [0.1, 0.15) is 11.8 Å². The highest BCUT2D eigenvalue weighted by molar-refractivity contribution is 7.80. The minimum atomic E-state index is -0.137. The highest BCUT2D eigenvalue weighted by atomic mass is 32.1. The first-order valence-corrected chi connectivity index (χ1v) is 11.6. The molecule has 5 rings (SSSR count). The van der Waals surface area contributed by atoms with E-state index in [1.807, 2.05) is 62.8 Å². The van der Waals surface area contributed by atoms with Crippen molar-refractivity contribution in [2.45, 2.75) is 12.1 Å². The SMILES string of the molecule is COc1ccccc1N1C(=S)NC(c2ccccn2)C1c1cccn1-c1ccc(N(C)C)cc1. The van der Waals surface area contributed by atoms with Gasteiger partial charge in [-0.25, -0.2) is 0 Å². The van der Waals surface area contributed by atoms with Crippen LogP contribution in [-0.4, -0.2) is 35.9 Å². The molecule has 34 heavy (non-hydrogen) atoms. The quantitative estimate of drug-likeness (QED) is 0.395. The lowest BCUT2D eigenvalue weighted by atomic mass is 10.0. The molecule has 0 aliphatic carbocycles. The van der Waals surface area contributed by atoms with Gasteiger partial charge < -0.3 is 24.4 Å². The van der Waals surface area contributed by atoms with E-state index in [0.717, 1.165) is 34.2 Å². The third-order valence-corrected chi connectivity index (χ3v) is 6.48. The van der Waals surface area contributed by atoms with Gasteiger partial charge in [0.25, 0.3) is 0 Å². The van der Waals surface area contributed by atoms with Crippen molar-refractivity contribution in [3.05, 3.63) is 103 Å². The van der Waals surface area contributed by atoms with E-state index in [-0.39, 0.29) is 12.1 Å². The number of pyridine rings is 1. The highest BCUT2D eigenvalue weighted by Gasteiger charge is 2.43. The van der Waals surface area contributed by atoms with E-state index in [2.05, 4.69) is 67.3 Å². The minimum absolute atomic E-state index is 0.131. The number of hydrogen-bond donors (Lipinski definition) is 1. The zero-order chi connectivity index (χ0) is 23.7. The molecule has 1 saturated heterocycles. The van der Waals surface area contributed by atoms with Crippen molar-refractivity contribution < 1.29 is 4.74 Å². The molecule has 7 heteroatoms. The number of aromatic nitrogens is 2. The van der Waals surface area contributed by atoms with Crippen molar-refractivity contribution in [3.63, 3.8) is 0 Å². The lowest BCUT2D eigenvalue weighted by Crippen LogP contribution is -2.30. The normalized spacial score (nSPS) is 17.5. The smallest absolute Gasteiger partial charge is 0.174 e. The van der Waals surface area contributed by atoms with Gasteiger partial charge in [-0.3, -0.25) is 4.98 Å². The summed E-state index contributed by atoms with van der Waals surface area (Å²) in [5.74, 6) is 0.770. The van der Waals surface area contributed by atoms with Crippen LogP contribution in [0.5, 0.6) is 5.75 Å². The first kappa shape index (κ1) is 22.0. The standard InChI is InChI=1S/C27H27N5OS/c1-30(2)19-13-15-20(16-14-19)31-18-8-11-23(31)26-25(21-9-6-7-17-28-21)29-27(34)32(26)22-10-4-5-12-24(22)33-3/h4-18,25-26H,1-3H3,(H,29,34). The van der Waals surface area contributed by atoms with Gasteiger partial charge in [0, 0.05) is 43.6 Å². The van der Waals surface area contributed by atoms with Crippen molar-refractivity contribution in [2.75, 3.05) is 31.0 Å². The molecule has 1 N–H and O–H groups in total. The number of para-hydroxylation sites is 2. The number of methoxy groups -OCH3 is 1. The number of rotatable bonds is 6. The van der Waals surface area contributed by atoms with Crippen LogP contribution in [0.15, 0.2) is 91.3 Å². The average molecular weight is 470 g/mol. The maximum Gasteiger partial charge on any atom is 0.174 e. The molecule has 2 aromatic heterocycles. The molecule has 0 spiro atoms. The van der Waals surface area contributed by atoms with Gasteiger partial charge in [-0.05, 0) is 72.9 Å². The van der Waals surface area contributed by atoms with Gasteiger partial charge in [0.15, 0.2) is 5.11 Å². The van der Waals surface area contributed by atoms with E-state index in [0.29, 0.717) is 5.11 Å². The summed E-state index contributed by atoms with van der Waals surface area (Å²) in [7, 11) is 5.78. The van der Waals surface area contributed by atoms with Crippen molar-refractivity contribution in [3.8, 4) is 11.4 Å². The topological polar surface area (TPSA) is 45.6 Å². The van der Waals surface area contributed by atoms with Crippen LogP contribution in [0.25, 0.3) is 5.69 Å². The molecular weight excluding hydrogens is 442 g/mol. The van der Waals surface area contributed by atoms with E-state index in [4.69, 9.17) is 17.0 Å². The largest absolute Gasteiger partial charge is 0.495 e. The molecule has 3 heterocycles. The zero-order valence-corrected chi connectivity index (χ0v) is 20.2. The molecule has 0 bridgehead atoms. The summed E-state index contributed by atoms with van der Waals surface area (Å²) in [6.45, 7) is 0. The molecule has 2 aromatic carbocycles. The molecule has 2 atom stereocenters. The molecule has 0 radical (unpaired) electrons. The summed E-state index contributed by atoms with van der Waals surface area (Å²) < 4.78 is 7.93. The summed E-state index contributed by atoms with van der Waals surface area (Å²) in [5.41, 5.74) is 5.20. The Balaban J connectivity index is 1.65. The Bertz CT molecular complexity index is 1290. The molecule has 0 amide bonds. The lowest BCUT2D eigenvalue weighted by Gasteiger charge is -2.30. The van der Waals surface area contributed by atoms with E-state index < -0.39 is 0 Å². The van der Waals surface area contributed by atoms with Crippen LogP contribution in [0.3, 0.4) is 0 Å². The Morgan fingerprint density at radius 3 is 2.41 bits per heavy atom. The fourth-order valence-electron chi connectivity index (χ4n) is 4.53. The number of ether oxygens (including phenoxy) is 1. The molecule has 2 unspecified atom stereocenters. The summed E-state index contributed by atoms with van der Waals surface area (Å²) in [6, 6.07) is 26.5. The van der Waals surface area contributed by atoms with Gasteiger partial charge in [0.2, 0.25) is 0 Å². The number of thiocarbonyl (C=S) groups is 1. The predicted octanol–water partition coefficient (Wildman–Crippen LogP) is 5.12. The summed E-state index contributed by atoms with van der Waals surface area (Å²) in [5, 5.41) is 4.17. The van der Waals surface area contributed by atoms with Crippen molar-refractivity contribution in [1.82, 2.24) is 14.9 Å². The lowest BCUT2D eigenvalue weighted by molar-refractivity contribution is 0.414. The Labute approximate surface area is 205 Å². The molecule has 172 valence electrons. The third kappa shape index (κ3) is 3.88. The Morgan fingerprint density at radius 1 is 0.941 bits per heavy atom. The number of nitrogens with zero attached hydrogens (tertiary/aromatic N) is 4. The number of nitrogens with one attached hydrogen (secondary N) is 1. The van der Waals surface area contributed by atoms with Crippen LogP contribution in [0, 0.1) is 0 Å². The third-order valence-electron chi connectivity index (χ3n) is 6.17. The van der Waals surface area contributed by atoms with Crippen molar-refractivity contribution in [1.29, 1.82) is 0 Å². The Hall–Kier alpha value is -3.84. The van der Waals surface area contributed by atoms with Gasteiger partial charge in [-0.1, -0.05) is 18.2 Å². The van der Waals surface area contributed by atoms with Crippen molar-refractivity contribution >= 4 is 28.7 Å². The molecule has 6 nitrogen and oxygen atoms in total.